The molecule has 0 radical (unpaired) electrons. The largest absolute Gasteiger partial charge is 0.449 e. The SMILES string of the molecule is Cc1ccc(C(=O)O[C@H](C)C(=O)Nc2ccccc2[N+](=O)[O-])cc1[N+](=O)[O-]. The van der Waals surface area contributed by atoms with Crippen molar-refractivity contribution in [2.45, 2.75) is 20.0 Å². The summed E-state index contributed by atoms with van der Waals surface area (Å²) in [5.74, 6) is -1.71. The van der Waals surface area contributed by atoms with E-state index in [1.807, 2.05) is 0 Å². The van der Waals surface area contributed by atoms with Gasteiger partial charge in [0.15, 0.2) is 6.10 Å². The maximum atomic E-state index is 12.2. The molecule has 0 bridgehead atoms. The average molecular weight is 373 g/mol. The number of rotatable bonds is 6. The molecule has 0 unspecified atom stereocenters. The van der Waals surface area contributed by atoms with Gasteiger partial charge in [-0.1, -0.05) is 18.2 Å². The summed E-state index contributed by atoms with van der Waals surface area (Å²) in [4.78, 5) is 44.9. The number of carbonyl (C=O) groups excluding carboxylic acids is 2. The van der Waals surface area contributed by atoms with E-state index in [0.29, 0.717) is 5.56 Å². The molecule has 0 aliphatic rings. The van der Waals surface area contributed by atoms with Crippen molar-refractivity contribution in [1.82, 2.24) is 0 Å². The van der Waals surface area contributed by atoms with Crippen LogP contribution in [0.5, 0.6) is 0 Å². The summed E-state index contributed by atoms with van der Waals surface area (Å²) in [7, 11) is 0. The van der Waals surface area contributed by atoms with Crippen molar-refractivity contribution in [3.05, 3.63) is 73.8 Å². The van der Waals surface area contributed by atoms with E-state index in [1.54, 1.807) is 0 Å². The number of hydrogen-bond acceptors (Lipinski definition) is 7. The Morgan fingerprint density at radius 3 is 2.30 bits per heavy atom. The summed E-state index contributed by atoms with van der Waals surface area (Å²) in [5, 5.41) is 24.2. The first-order valence-corrected chi connectivity index (χ1v) is 7.71. The Labute approximate surface area is 153 Å². The Balaban J connectivity index is 2.11. The van der Waals surface area contributed by atoms with Crippen molar-refractivity contribution in [3.8, 4) is 0 Å². The third kappa shape index (κ3) is 4.63. The van der Waals surface area contributed by atoms with E-state index in [1.165, 1.54) is 50.2 Å². The van der Waals surface area contributed by atoms with Crippen molar-refractivity contribution < 1.29 is 24.2 Å². The van der Waals surface area contributed by atoms with Crippen molar-refractivity contribution in [3.63, 3.8) is 0 Å². The van der Waals surface area contributed by atoms with Crippen LogP contribution in [0.4, 0.5) is 17.1 Å². The minimum absolute atomic E-state index is 0.0404. The van der Waals surface area contributed by atoms with Gasteiger partial charge in [0.1, 0.15) is 5.69 Å². The molecule has 0 saturated heterocycles. The number of esters is 1. The van der Waals surface area contributed by atoms with Gasteiger partial charge in [-0.25, -0.2) is 4.79 Å². The first-order chi connectivity index (χ1) is 12.7. The molecule has 1 atom stereocenters. The predicted molar refractivity (Wildman–Crippen MR) is 94.4 cm³/mol. The Bertz CT molecular complexity index is 926. The van der Waals surface area contributed by atoms with Gasteiger partial charge in [-0.05, 0) is 26.0 Å². The topological polar surface area (TPSA) is 142 Å². The molecule has 10 heteroatoms. The third-order valence-corrected chi connectivity index (χ3v) is 3.65. The maximum Gasteiger partial charge on any atom is 0.339 e. The van der Waals surface area contributed by atoms with Gasteiger partial charge in [0.25, 0.3) is 17.3 Å². The number of hydrogen-bond donors (Lipinski definition) is 1. The molecule has 0 spiro atoms. The molecule has 2 aromatic carbocycles. The number of nitro benzene ring substituents is 2. The lowest BCUT2D eigenvalue weighted by molar-refractivity contribution is -0.385. The average Bonchev–Trinajstić information content (AvgIpc) is 2.61. The van der Waals surface area contributed by atoms with E-state index in [-0.39, 0.29) is 22.6 Å². The summed E-state index contributed by atoms with van der Waals surface area (Å²) in [6, 6.07) is 9.31. The zero-order valence-electron chi connectivity index (χ0n) is 14.4. The molecule has 1 amide bonds. The number of benzene rings is 2. The van der Waals surface area contributed by atoms with Crippen LogP contribution < -0.4 is 5.32 Å². The van der Waals surface area contributed by atoms with Crippen molar-refractivity contribution in [2.24, 2.45) is 0 Å². The number of anilines is 1. The quantitative estimate of drug-likeness (QED) is 0.466. The van der Waals surface area contributed by atoms with Crippen LogP contribution in [0.15, 0.2) is 42.5 Å². The highest BCUT2D eigenvalue weighted by Crippen LogP contribution is 2.24. The van der Waals surface area contributed by atoms with Crippen LogP contribution >= 0.6 is 0 Å². The highest BCUT2D eigenvalue weighted by molar-refractivity contribution is 5.98. The smallest absolute Gasteiger partial charge is 0.339 e. The van der Waals surface area contributed by atoms with Gasteiger partial charge >= 0.3 is 5.97 Å². The van der Waals surface area contributed by atoms with Crippen LogP contribution in [0.1, 0.15) is 22.8 Å². The monoisotopic (exact) mass is 373 g/mol. The number of ether oxygens (including phenoxy) is 1. The second kappa shape index (κ2) is 8.04. The summed E-state index contributed by atoms with van der Waals surface area (Å²) < 4.78 is 5.00. The van der Waals surface area contributed by atoms with Crippen LogP contribution in [-0.4, -0.2) is 27.8 Å². The Morgan fingerprint density at radius 1 is 1.04 bits per heavy atom. The molecule has 0 saturated carbocycles. The molecule has 0 aromatic heterocycles. The molecular weight excluding hydrogens is 358 g/mol. The number of nitrogens with zero attached hydrogens (tertiary/aromatic N) is 2. The van der Waals surface area contributed by atoms with E-state index >= 15 is 0 Å². The fraction of sp³-hybridized carbons (Fsp3) is 0.176. The van der Waals surface area contributed by atoms with Crippen molar-refractivity contribution >= 4 is 28.9 Å². The van der Waals surface area contributed by atoms with Gasteiger partial charge in [0.2, 0.25) is 0 Å². The molecule has 2 aromatic rings. The Morgan fingerprint density at radius 2 is 1.67 bits per heavy atom. The van der Waals surface area contributed by atoms with Crippen molar-refractivity contribution in [2.75, 3.05) is 5.32 Å². The van der Waals surface area contributed by atoms with Gasteiger partial charge in [-0.3, -0.25) is 25.0 Å². The number of nitrogens with one attached hydrogen (secondary N) is 1. The first-order valence-electron chi connectivity index (χ1n) is 7.71. The second-order valence-electron chi connectivity index (χ2n) is 5.57. The molecule has 27 heavy (non-hydrogen) atoms. The minimum atomic E-state index is -1.28. The number of aryl methyl sites for hydroxylation is 1. The van der Waals surface area contributed by atoms with E-state index in [0.717, 1.165) is 6.07 Å². The molecular formula is C17H15N3O7. The van der Waals surface area contributed by atoms with E-state index in [2.05, 4.69) is 5.32 Å². The Hall–Kier alpha value is -3.82. The normalized spacial score (nSPS) is 11.3. The number of para-hydroxylation sites is 2. The lowest BCUT2D eigenvalue weighted by Gasteiger charge is -2.13. The van der Waals surface area contributed by atoms with Crippen LogP contribution in [0.3, 0.4) is 0 Å². The van der Waals surface area contributed by atoms with Gasteiger partial charge < -0.3 is 10.1 Å². The fourth-order valence-electron chi connectivity index (χ4n) is 2.19. The molecule has 0 aliphatic carbocycles. The zero-order chi connectivity index (χ0) is 20.1. The summed E-state index contributed by atoms with van der Waals surface area (Å²) in [6.45, 7) is 2.81. The standard InChI is InChI=1S/C17H15N3O7/c1-10-7-8-12(9-15(10)20(25)26)17(22)27-11(2)16(21)18-13-5-3-4-6-14(13)19(23)24/h3-9,11H,1-2H3,(H,18,21)/t11-/m1/s1. The third-order valence-electron chi connectivity index (χ3n) is 3.65. The highest BCUT2D eigenvalue weighted by atomic mass is 16.6. The molecule has 1 N–H and O–H groups in total. The summed E-state index contributed by atoms with van der Waals surface area (Å²) >= 11 is 0. The number of carbonyl (C=O) groups is 2. The zero-order valence-corrected chi connectivity index (χ0v) is 14.4. The van der Waals surface area contributed by atoms with Crippen molar-refractivity contribution in [1.29, 1.82) is 0 Å². The van der Waals surface area contributed by atoms with Crippen LogP contribution in [-0.2, 0) is 9.53 Å². The molecule has 0 heterocycles. The Kier molecular flexibility index (Phi) is 5.81. The minimum Gasteiger partial charge on any atom is -0.449 e. The molecule has 0 aliphatic heterocycles. The predicted octanol–water partition coefficient (Wildman–Crippen LogP) is 3.00. The lowest BCUT2D eigenvalue weighted by Crippen LogP contribution is -2.30. The van der Waals surface area contributed by atoms with E-state index in [4.69, 9.17) is 4.74 Å². The van der Waals surface area contributed by atoms with Crippen LogP contribution in [0.2, 0.25) is 0 Å². The molecule has 2 rings (SSSR count). The summed E-state index contributed by atoms with van der Waals surface area (Å²) in [5.41, 5.74) is -0.308. The van der Waals surface area contributed by atoms with Gasteiger partial charge in [-0.2, -0.15) is 0 Å². The van der Waals surface area contributed by atoms with Gasteiger partial charge in [0, 0.05) is 17.7 Å². The second-order valence-corrected chi connectivity index (χ2v) is 5.57. The summed E-state index contributed by atoms with van der Waals surface area (Å²) in [6.07, 6.45) is -1.28. The molecule has 140 valence electrons. The fourth-order valence-corrected chi connectivity index (χ4v) is 2.19. The van der Waals surface area contributed by atoms with Crippen LogP contribution in [0.25, 0.3) is 0 Å². The lowest BCUT2D eigenvalue weighted by atomic mass is 10.1. The van der Waals surface area contributed by atoms with Gasteiger partial charge in [0.05, 0.1) is 15.4 Å². The van der Waals surface area contributed by atoms with E-state index < -0.39 is 27.8 Å². The number of nitro groups is 2. The van der Waals surface area contributed by atoms with Gasteiger partial charge in [-0.15, -0.1) is 0 Å². The van der Waals surface area contributed by atoms with Crippen LogP contribution in [0, 0.1) is 27.2 Å². The molecule has 0 fully saturated rings. The molecule has 10 nitrogen and oxygen atoms in total. The highest BCUT2D eigenvalue weighted by Gasteiger charge is 2.23. The number of amides is 1. The maximum absolute atomic E-state index is 12.2. The first kappa shape index (κ1) is 19.5. The van der Waals surface area contributed by atoms with E-state index in [9.17, 15) is 29.8 Å².